The van der Waals surface area contributed by atoms with Crippen LogP contribution in [0.15, 0.2) is 234 Å². The number of aromatic nitrogens is 1. The second kappa shape index (κ2) is 15.3. The Morgan fingerprint density at radius 3 is 1.70 bits per heavy atom. The van der Waals surface area contributed by atoms with Crippen LogP contribution in [0.3, 0.4) is 0 Å². The second-order valence-corrected chi connectivity index (χ2v) is 16.2. The summed E-state index contributed by atoms with van der Waals surface area (Å²) >= 11 is 0. The number of nitrogens with zero attached hydrogens (tertiary/aromatic N) is 3. The van der Waals surface area contributed by atoms with Crippen LogP contribution >= 0.6 is 0 Å². The summed E-state index contributed by atoms with van der Waals surface area (Å²) in [5.41, 5.74) is 14.8. The van der Waals surface area contributed by atoms with Gasteiger partial charge in [0.25, 0.3) is 0 Å². The van der Waals surface area contributed by atoms with Gasteiger partial charge in [0, 0.05) is 38.8 Å². The lowest BCUT2D eigenvalue weighted by atomic mass is 9.84. The molecule has 1 aromatic heterocycles. The number of nitrogens with one attached hydrogen (secondary N) is 2. The molecule has 10 aromatic rings. The van der Waals surface area contributed by atoms with Crippen molar-refractivity contribution in [3.05, 3.63) is 258 Å². The molecule has 2 unspecified atom stereocenters. The first-order valence-electron chi connectivity index (χ1n) is 21.6. The van der Waals surface area contributed by atoms with Gasteiger partial charge in [0.05, 0.1) is 17.1 Å². The van der Waals surface area contributed by atoms with E-state index in [4.69, 9.17) is 9.98 Å². The number of fused-ring (bicyclic) bond motifs is 6. The highest BCUT2D eigenvalue weighted by Crippen LogP contribution is 2.46. The summed E-state index contributed by atoms with van der Waals surface area (Å²) in [6.45, 7) is 0. The molecule has 9 aromatic carbocycles. The van der Waals surface area contributed by atoms with Crippen LogP contribution in [0, 0.1) is 0 Å². The summed E-state index contributed by atoms with van der Waals surface area (Å²) in [6.07, 6.45) is 2.03. The molecule has 0 saturated carbocycles. The molecule has 0 radical (unpaired) electrons. The van der Waals surface area contributed by atoms with Gasteiger partial charge in [0.2, 0.25) is 0 Å². The second-order valence-electron chi connectivity index (χ2n) is 16.2. The Bertz CT molecular complexity index is 3380. The molecule has 2 aliphatic rings. The van der Waals surface area contributed by atoms with E-state index in [-0.39, 0.29) is 12.2 Å². The Morgan fingerprint density at radius 2 is 1.00 bits per heavy atom. The van der Waals surface area contributed by atoms with E-state index in [2.05, 4.69) is 221 Å². The third-order valence-electron chi connectivity index (χ3n) is 12.5. The van der Waals surface area contributed by atoms with Crippen molar-refractivity contribution in [2.24, 2.45) is 9.98 Å². The minimum absolute atomic E-state index is 0.0127. The summed E-state index contributed by atoms with van der Waals surface area (Å²) in [5, 5.41) is 12.6. The number of hydrogen-bond acceptors (Lipinski definition) is 4. The summed E-state index contributed by atoms with van der Waals surface area (Å²) in [7, 11) is 0. The fourth-order valence-corrected chi connectivity index (χ4v) is 9.50. The molecule has 2 atom stereocenters. The standard InChI is InChI=1S/C58H41N5/c1-4-17-38(18-5-1)50-37-51(39-19-6-2-7-20-39)59-52-36-49(45-25-10-11-28-48(45)55(50)52)42-23-16-24-43(35-42)58-61-56(40-21-8-3-9-22-40)60-57(62-58)41-31-33-44(34-32-41)63-53-29-14-12-26-46(53)47-27-13-15-30-54(47)63/h1-37,51,57,59H,(H,60,61,62). The molecule has 5 heteroatoms. The van der Waals surface area contributed by atoms with Gasteiger partial charge in [-0.05, 0) is 86.6 Å². The van der Waals surface area contributed by atoms with Crippen LogP contribution < -0.4 is 10.6 Å². The first kappa shape index (κ1) is 36.6. The Kier molecular flexibility index (Phi) is 8.89. The maximum Gasteiger partial charge on any atom is 0.159 e. The summed E-state index contributed by atoms with van der Waals surface area (Å²) < 4.78 is 2.35. The quantitative estimate of drug-likeness (QED) is 0.169. The number of rotatable bonds is 7. The largest absolute Gasteiger partial charge is 0.374 e. The first-order chi connectivity index (χ1) is 31.2. The molecule has 0 amide bonds. The molecule has 2 N–H and O–H groups in total. The van der Waals surface area contributed by atoms with Gasteiger partial charge in [-0.15, -0.1) is 0 Å². The number of hydrogen-bond donors (Lipinski definition) is 2. The van der Waals surface area contributed by atoms with Crippen LogP contribution in [0.1, 0.15) is 45.6 Å². The van der Waals surface area contributed by atoms with Crippen molar-refractivity contribution >= 4 is 55.5 Å². The van der Waals surface area contributed by atoms with Gasteiger partial charge in [-0.25, -0.2) is 9.98 Å². The van der Waals surface area contributed by atoms with Crippen LogP contribution in [0.5, 0.6) is 0 Å². The molecular weight excluding hydrogens is 767 g/mol. The molecule has 298 valence electrons. The molecule has 63 heavy (non-hydrogen) atoms. The predicted molar refractivity (Wildman–Crippen MR) is 262 cm³/mol. The first-order valence-corrected chi connectivity index (χ1v) is 21.6. The SMILES string of the molecule is C1=C(c2ccccc2)c2c(cc(-c3cccc(C4=NC(c5ccccc5)=NC(c5ccc(-n6c7ccccc7c7ccccc76)cc5)N4)c3)c3ccccc23)NC1c1ccccc1. The number of benzene rings is 9. The minimum Gasteiger partial charge on any atom is -0.374 e. The fraction of sp³-hybridized carbons (Fsp3) is 0.0345. The number of aliphatic imine (C=N–C) groups is 2. The van der Waals surface area contributed by atoms with Crippen molar-refractivity contribution in [2.45, 2.75) is 12.2 Å². The zero-order valence-electron chi connectivity index (χ0n) is 34.4. The molecule has 0 bridgehead atoms. The van der Waals surface area contributed by atoms with E-state index >= 15 is 0 Å². The molecule has 3 heterocycles. The van der Waals surface area contributed by atoms with Crippen molar-refractivity contribution < 1.29 is 0 Å². The van der Waals surface area contributed by atoms with Crippen LogP contribution in [0.25, 0.3) is 55.0 Å². The van der Waals surface area contributed by atoms with Crippen molar-refractivity contribution in [3.8, 4) is 16.8 Å². The van der Waals surface area contributed by atoms with Crippen molar-refractivity contribution in [3.63, 3.8) is 0 Å². The van der Waals surface area contributed by atoms with Crippen LogP contribution in [-0.2, 0) is 0 Å². The number of anilines is 1. The Morgan fingerprint density at radius 1 is 0.429 bits per heavy atom. The van der Waals surface area contributed by atoms with Crippen LogP contribution in [-0.4, -0.2) is 16.2 Å². The Labute approximate surface area is 366 Å². The third-order valence-corrected chi connectivity index (χ3v) is 12.5. The highest BCUT2D eigenvalue weighted by atomic mass is 15.2. The topological polar surface area (TPSA) is 53.7 Å². The maximum atomic E-state index is 5.22. The lowest BCUT2D eigenvalue weighted by Crippen LogP contribution is -2.33. The monoisotopic (exact) mass is 807 g/mol. The number of amidine groups is 2. The third kappa shape index (κ3) is 6.50. The molecular formula is C58H41N5. The smallest absolute Gasteiger partial charge is 0.159 e. The summed E-state index contributed by atoms with van der Waals surface area (Å²) in [6, 6.07) is 77.7. The van der Waals surface area contributed by atoms with Crippen molar-refractivity contribution in [1.82, 2.24) is 9.88 Å². The summed E-state index contributed by atoms with van der Waals surface area (Å²) in [4.78, 5) is 10.4. The number of para-hydroxylation sites is 2. The minimum atomic E-state index is -0.351. The molecule has 0 saturated heterocycles. The molecule has 0 fully saturated rings. The fourth-order valence-electron chi connectivity index (χ4n) is 9.50. The van der Waals surface area contributed by atoms with Crippen molar-refractivity contribution in [1.29, 1.82) is 0 Å². The predicted octanol–water partition coefficient (Wildman–Crippen LogP) is 13.7. The van der Waals surface area contributed by atoms with E-state index in [0.29, 0.717) is 5.84 Å². The molecule has 2 aliphatic heterocycles. The molecule has 0 aliphatic carbocycles. The zero-order chi connectivity index (χ0) is 41.7. The average molecular weight is 808 g/mol. The van der Waals surface area contributed by atoms with Crippen LogP contribution in [0.2, 0.25) is 0 Å². The van der Waals surface area contributed by atoms with E-state index < -0.39 is 0 Å². The van der Waals surface area contributed by atoms with Crippen LogP contribution in [0.4, 0.5) is 5.69 Å². The highest BCUT2D eigenvalue weighted by molar-refractivity contribution is 6.14. The molecule has 0 spiro atoms. The van der Waals surface area contributed by atoms with Gasteiger partial charge in [-0.1, -0.05) is 182 Å². The normalized spacial score (nSPS) is 15.8. The van der Waals surface area contributed by atoms with Gasteiger partial charge >= 0.3 is 0 Å². The van der Waals surface area contributed by atoms with Gasteiger partial charge in [0.1, 0.15) is 12.0 Å². The maximum absolute atomic E-state index is 5.22. The van der Waals surface area contributed by atoms with Gasteiger partial charge in [-0.2, -0.15) is 0 Å². The Hall–Kier alpha value is -8.28. The van der Waals surface area contributed by atoms with Crippen molar-refractivity contribution in [2.75, 3.05) is 5.32 Å². The summed E-state index contributed by atoms with van der Waals surface area (Å²) in [5.74, 6) is 1.47. The van der Waals surface area contributed by atoms with Gasteiger partial charge in [-0.3, -0.25) is 0 Å². The molecule has 12 rings (SSSR count). The average Bonchev–Trinajstić information content (AvgIpc) is 3.71. The lowest BCUT2D eigenvalue weighted by Gasteiger charge is -2.29. The van der Waals surface area contributed by atoms with E-state index in [1.165, 1.54) is 54.8 Å². The zero-order valence-corrected chi connectivity index (χ0v) is 34.4. The van der Waals surface area contributed by atoms with Gasteiger partial charge in [0.15, 0.2) is 5.84 Å². The Balaban J connectivity index is 0.942. The van der Waals surface area contributed by atoms with E-state index in [9.17, 15) is 0 Å². The van der Waals surface area contributed by atoms with E-state index in [0.717, 1.165) is 45.0 Å². The highest BCUT2D eigenvalue weighted by Gasteiger charge is 2.26. The lowest BCUT2D eigenvalue weighted by molar-refractivity contribution is 0.674. The van der Waals surface area contributed by atoms with E-state index in [1.807, 2.05) is 18.2 Å². The molecule has 5 nitrogen and oxygen atoms in total. The van der Waals surface area contributed by atoms with Gasteiger partial charge < -0.3 is 15.2 Å². The van der Waals surface area contributed by atoms with E-state index in [1.54, 1.807) is 0 Å².